The second-order valence-electron chi connectivity index (χ2n) is 4.54. The Balaban J connectivity index is 1.81. The summed E-state index contributed by atoms with van der Waals surface area (Å²) in [4.78, 5) is 14.1. The highest BCUT2D eigenvalue weighted by molar-refractivity contribution is 5.90. The molecule has 0 aromatic heterocycles. The van der Waals surface area contributed by atoms with E-state index >= 15 is 0 Å². The number of amides is 1. The largest absolute Gasteiger partial charge is 0.326 e. The van der Waals surface area contributed by atoms with Crippen LogP contribution >= 0.6 is 0 Å². The van der Waals surface area contributed by atoms with E-state index in [1.165, 1.54) is 12.8 Å². The van der Waals surface area contributed by atoms with E-state index in [0.29, 0.717) is 17.7 Å². The fraction of sp³-hybridized carbons (Fsp3) is 0.429. The molecule has 0 aliphatic carbocycles. The minimum atomic E-state index is 0.0111. The van der Waals surface area contributed by atoms with E-state index in [-0.39, 0.29) is 5.91 Å². The third-order valence-electron chi connectivity index (χ3n) is 3.13. The Morgan fingerprint density at radius 1 is 1.39 bits per heavy atom. The first kappa shape index (κ1) is 12.6. The van der Waals surface area contributed by atoms with E-state index in [0.717, 1.165) is 19.6 Å². The van der Waals surface area contributed by atoms with Gasteiger partial charge in [0, 0.05) is 18.7 Å². The van der Waals surface area contributed by atoms with Crippen molar-refractivity contribution < 1.29 is 4.79 Å². The summed E-state index contributed by atoms with van der Waals surface area (Å²) in [5.74, 6) is 0.0111. The summed E-state index contributed by atoms with van der Waals surface area (Å²) >= 11 is 0. The van der Waals surface area contributed by atoms with Gasteiger partial charge in [0.2, 0.25) is 5.91 Å². The van der Waals surface area contributed by atoms with Gasteiger partial charge in [0.15, 0.2) is 0 Å². The van der Waals surface area contributed by atoms with E-state index in [1.807, 2.05) is 0 Å². The van der Waals surface area contributed by atoms with Crippen molar-refractivity contribution in [2.75, 3.05) is 25.0 Å². The number of hydrogen-bond donors (Lipinski definition) is 1. The van der Waals surface area contributed by atoms with E-state index in [4.69, 9.17) is 5.26 Å². The highest BCUT2D eigenvalue weighted by atomic mass is 16.1. The van der Waals surface area contributed by atoms with Crippen molar-refractivity contribution in [3.05, 3.63) is 29.8 Å². The molecule has 0 atom stereocenters. The van der Waals surface area contributed by atoms with Crippen LogP contribution in [0.5, 0.6) is 0 Å². The standard InChI is InChI=1S/C14H17N3O/c15-11-12-4-3-5-13(10-12)16-14(18)6-9-17-7-1-2-8-17/h3-5,10H,1-2,6-9H2,(H,16,18). The molecule has 1 aliphatic rings. The Kier molecular flexibility index (Phi) is 4.32. The molecule has 4 nitrogen and oxygen atoms in total. The van der Waals surface area contributed by atoms with E-state index in [1.54, 1.807) is 24.3 Å². The van der Waals surface area contributed by atoms with Gasteiger partial charge in [-0.25, -0.2) is 0 Å². The van der Waals surface area contributed by atoms with Crippen molar-refractivity contribution in [1.29, 1.82) is 5.26 Å². The van der Waals surface area contributed by atoms with Crippen LogP contribution in [-0.4, -0.2) is 30.4 Å². The molecule has 0 bridgehead atoms. The van der Waals surface area contributed by atoms with Gasteiger partial charge in [0.1, 0.15) is 0 Å². The summed E-state index contributed by atoms with van der Waals surface area (Å²) in [5, 5.41) is 11.6. The molecule has 1 N–H and O–H groups in total. The molecular weight excluding hydrogens is 226 g/mol. The average Bonchev–Trinajstić information content (AvgIpc) is 2.90. The molecule has 1 amide bonds. The van der Waals surface area contributed by atoms with Crippen LogP contribution < -0.4 is 5.32 Å². The fourth-order valence-corrected chi connectivity index (χ4v) is 2.16. The summed E-state index contributed by atoms with van der Waals surface area (Å²) in [5.41, 5.74) is 1.26. The number of carbonyl (C=O) groups excluding carboxylic acids is 1. The predicted molar refractivity (Wildman–Crippen MR) is 70.1 cm³/mol. The average molecular weight is 243 g/mol. The van der Waals surface area contributed by atoms with Crippen molar-refractivity contribution in [2.24, 2.45) is 0 Å². The highest BCUT2D eigenvalue weighted by Crippen LogP contribution is 2.11. The summed E-state index contributed by atoms with van der Waals surface area (Å²) in [6.45, 7) is 3.04. The number of nitriles is 1. The maximum atomic E-state index is 11.7. The maximum Gasteiger partial charge on any atom is 0.225 e. The molecule has 1 aromatic carbocycles. The maximum absolute atomic E-state index is 11.7. The van der Waals surface area contributed by atoms with Crippen LogP contribution in [0.1, 0.15) is 24.8 Å². The smallest absolute Gasteiger partial charge is 0.225 e. The SMILES string of the molecule is N#Cc1cccc(NC(=O)CCN2CCCC2)c1. The first-order chi connectivity index (χ1) is 8.78. The lowest BCUT2D eigenvalue weighted by Crippen LogP contribution is -2.25. The normalized spacial score (nSPS) is 15.3. The van der Waals surface area contributed by atoms with Gasteiger partial charge in [-0.3, -0.25) is 4.79 Å². The van der Waals surface area contributed by atoms with Crippen molar-refractivity contribution in [3.63, 3.8) is 0 Å². The molecular formula is C14H17N3O. The first-order valence-electron chi connectivity index (χ1n) is 6.30. The van der Waals surface area contributed by atoms with Gasteiger partial charge in [-0.15, -0.1) is 0 Å². The molecule has 0 saturated carbocycles. The van der Waals surface area contributed by atoms with Crippen molar-refractivity contribution in [3.8, 4) is 6.07 Å². The quantitative estimate of drug-likeness (QED) is 0.879. The number of rotatable bonds is 4. The van der Waals surface area contributed by atoms with Gasteiger partial charge in [0.05, 0.1) is 11.6 Å². The Hall–Kier alpha value is -1.86. The zero-order valence-corrected chi connectivity index (χ0v) is 10.4. The van der Waals surface area contributed by atoms with E-state index in [2.05, 4.69) is 16.3 Å². The van der Waals surface area contributed by atoms with Gasteiger partial charge in [-0.05, 0) is 44.1 Å². The Morgan fingerprint density at radius 2 is 2.17 bits per heavy atom. The second kappa shape index (κ2) is 6.18. The summed E-state index contributed by atoms with van der Waals surface area (Å²) in [6.07, 6.45) is 2.99. The van der Waals surface area contributed by atoms with Gasteiger partial charge >= 0.3 is 0 Å². The molecule has 0 unspecified atom stereocenters. The Labute approximate surface area is 107 Å². The molecule has 94 valence electrons. The molecule has 4 heteroatoms. The van der Waals surface area contributed by atoms with Crippen molar-refractivity contribution in [2.45, 2.75) is 19.3 Å². The van der Waals surface area contributed by atoms with Gasteiger partial charge in [-0.2, -0.15) is 5.26 Å². The van der Waals surface area contributed by atoms with Crippen molar-refractivity contribution >= 4 is 11.6 Å². The monoisotopic (exact) mass is 243 g/mol. The summed E-state index contributed by atoms with van der Waals surface area (Å²) < 4.78 is 0. The number of nitrogens with one attached hydrogen (secondary N) is 1. The molecule has 0 spiro atoms. The Bertz CT molecular complexity index is 458. The van der Waals surface area contributed by atoms with E-state index < -0.39 is 0 Å². The molecule has 1 aromatic rings. The minimum absolute atomic E-state index is 0.0111. The third kappa shape index (κ3) is 3.57. The number of anilines is 1. The number of carbonyl (C=O) groups is 1. The fourth-order valence-electron chi connectivity index (χ4n) is 2.16. The lowest BCUT2D eigenvalue weighted by molar-refractivity contribution is -0.116. The number of nitrogens with zero attached hydrogens (tertiary/aromatic N) is 2. The van der Waals surface area contributed by atoms with E-state index in [9.17, 15) is 4.79 Å². The first-order valence-corrected chi connectivity index (χ1v) is 6.30. The minimum Gasteiger partial charge on any atom is -0.326 e. The van der Waals surface area contributed by atoms with Crippen LogP contribution in [-0.2, 0) is 4.79 Å². The van der Waals surface area contributed by atoms with Crippen LogP contribution in [0, 0.1) is 11.3 Å². The molecule has 1 fully saturated rings. The zero-order chi connectivity index (χ0) is 12.8. The lowest BCUT2D eigenvalue weighted by Gasteiger charge is -2.13. The number of benzene rings is 1. The lowest BCUT2D eigenvalue weighted by atomic mass is 10.2. The number of likely N-dealkylation sites (tertiary alicyclic amines) is 1. The van der Waals surface area contributed by atoms with Crippen LogP contribution in [0.2, 0.25) is 0 Å². The van der Waals surface area contributed by atoms with Gasteiger partial charge in [0.25, 0.3) is 0 Å². The van der Waals surface area contributed by atoms with Crippen LogP contribution in [0.3, 0.4) is 0 Å². The van der Waals surface area contributed by atoms with Gasteiger partial charge < -0.3 is 10.2 Å². The number of hydrogen-bond acceptors (Lipinski definition) is 3. The molecule has 1 aliphatic heterocycles. The zero-order valence-electron chi connectivity index (χ0n) is 10.4. The predicted octanol–water partition coefficient (Wildman–Crippen LogP) is 1.98. The van der Waals surface area contributed by atoms with Gasteiger partial charge in [-0.1, -0.05) is 6.07 Å². The Morgan fingerprint density at radius 3 is 2.89 bits per heavy atom. The molecule has 0 radical (unpaired) electrons. The topological polar surface area (TPSA) is 56.1 Å². The second-order valence-corrected chi connectivity index (χ2v) is 4.54. The van der Waals surface area contributed by atoms with Crippen molar-refractivity contribution in [1.82, 2.24) is 4.90 Å². The van der Waals surface area contributed by atoms with Crippen LogP contribution in [0.4, 0.5) is 5.69 Å². The summed E-state index contributed by atoms with van der Waals surface area (Å²) in [7, 11) is 0. The third-order valence-corrected chi connectivity index (χ3v) is 3.13. The molecule has 18 heavy (non-hydrogen) atoms. The van der Waals surface area contributed by atoms with Crippen LogP contribution in [0.15, 0.2) is 24.3 Å². The molecule has 1 saturated heterocycles. The highest BCUT2D eigenvalue weighted by Gasteiger charge is 2.12. The summed E-state index contributed by atoms with van der Waals surface area (Å²) in [6, 6.07) is 9.04. The van der Waals surface area contributed by atoms with Crippen LogP contribution in [0.25, 0.3) is 0 Å². The molecule has 1 heterocycles. The molecule has 2 rings (SSSR count).